The average molecular weight is 346 g/mol. The zero-order valence-electron chi connectivity index (χ0n) is 14.0. The number of rotatable bonds is 3. The van der Waals surface area contributed by atoms with Gasteiger partial charge in [0.2, 0.25) is 0 Å². The molecule has 4 aromatic rings. The molecule has 0 aliphatic carbocycles. The predicted octanol–water partition coefficient (Wildman–Crippen LogP) is 4.32. The predicted molar refractivity (Wildman–Crippen MR) is 98.4 cm³/mol. The van der Waals surface area contributed by atoms with Crippen LogP contribution in [0.3, 0.4) is 0 Å². The summed E-state index contributed by atoms with van der Waals surface area (Å²) in [5.74, 6) is -0.262. The topological polar surface area (TPSA) is 70.7 Å². The minimum absolute atomic E-state index is 0.0267. The second kappa shape index (κ2) is 6.40. The summed E-state index contributed by atoms with van der Waals surface area (Å²) in [4.78, 5) is 24.1. The number of carbonyl (C=O) groups is 1. The first-order valence-corrected chi connectivity index (χ1v) is 8.08. The largest absolute Gasteiger partial charge is 0.337 e. The average Bonchev–Trinajstić information content (AvgIpc) is 3.08. The molecule has 0 bridgehead atoms. The van der Waals surface area contributed by atoms with Gasteiger partial charge in [0.25, 0.3) is 5.91 Å². The van der Waals surface area contributed by atoms with Gasteiger partial charge in [-0.25, -0.2) is 9.37 Å². The van der Waals surface area contributed by atoms with E-state index in [-0.39, 0.29) is 5.56 Å². The number of nitrogens with one attached hydrogen (secondary N) is 2. The molecule has 2 aromatic heterocycles. The highest BCUT2D eigenvalue weighted by atomic mass is 19.1. The van der Waals surface area contributed by atoms with Gasteiger partial charge in [0, 0.05) is 17.4 Å². The molecule has 2 N–H and O–H groups in total. The van der Waals surface area contributed by atoms with Gasteiger partial charge in [-0.2, -0.15) is 0 Å². The van der Waals surface area contributed by atoms with Gasteiger partial charge in [-0.3, -0.25) is 9.78 Å². The van der Waals surface area contributed by atoms with Crippen LogP contribution in [0.1, 0.15) is 15.9 Å². The summed E-state index contributed by atoms with van der Waals surface area (Å²) in [6.45, 7) is 1.63. The van der Waals surface area contributed by atoms with Gasteiger partial charge < -0.3 is 10.3 Å². The van der Waals surface area contributed by atoms with Crippen molar-refractivity contribution in [3.63, 3.8) is 0 Å². The third-order valence-corrected chi connectivity index (χ3v) is 4.14. The lowest BCUT2D eigenvalue weighted by atomic mass is 10.1. The van der Waals surface area contributed by atoms with E-state index in [9.17, 15) is 9.18 Å². The summed E-state index contributed by atoms with van der Waals surface area (Å²) >= 11 is 0. The van der Waals surface area contributed by atoms with Gasteiger partial charge in [0.05, 0.1) is 22.8 Å². The number of halogens is 1. The van der Waals surface area contributed by atoms with Gasteiger partial charge in [0.1, 0.15) is 11.6 Å². The lowest BCUT2D eigenvalue weighted by molar-refractivity contribution is 0.102. The SMILES string of the molecule is Cc1cccc(C(=O)Nc2ccc(-c3nc4ccncc4[nH]3)cc2)c1F. The molecule has 26 heavy (non-hydrogen) atoms. The normalized spacial score (nSPS) is 10.8. The van der Waals surface area contributed by atoms with E-state index < -0.39 is 11.7 Å². The Morgan fingerprint density at radius 2 is 1.92 bits per heavy atom. The van der Waals surface area contributed by atoms with Crippen LogP contribution in [0.15, 0.2) is 60.9 Å². The van der Waals surface area contributed by atoms with Crippen molar-refractivity contribution in [1.82, 2.24) is 15.0 Å². The van der Waals surface area contributed by atoms with E-state index in [1.54, 1.807) is 43.6 Å². The van der Waals surface area contributed by atoms with Crippen molar-refractivity contribution >= 4 is 22.6 Å². The van der Waals surface area contributed by atoms with Crippen molar-refractivity contribution < 1.29 is 9.18 Å². The van der Waals surface area contributed by atoms with Gasteiger partial charge in [-0.05, 0) is 48.9 Å². The smallest absolute Gasteiger partial charge is 0.258 e. The maximum Gasteiger partial charge on any atom is 0.258 e. The molecular formula is C20H15FN4O. The van der Waals surface area contributed by atoms with Crippen LogP contribution in [-0.2, 0) is 0 Å². The van der Waals surface area contributed by atoms with Crippen LogP contribution in [0, 0.1) is 12.7 Å². The first-order valence-electron chi connectivity index (χ1n) is 8.08. The molecule has 0 spiro atoms. The second-order valence-electron chi connectivity index (χ2n) is 5.95. The lowest BCUT2D eigenvalue weighted by Gasteiger charge is -2.08. The quantitative estimate of drug-likeness (QED) is 0.580. The van der Waals surface area contributed by atoms with E-state index in [2.05, 4.69) is 20.3 Å². The van der Waals surface area contributed by atoms with E-state index in [1.807, 2.05) is 18.2 Å². The third-order valence-electron chi connectivity index (χ3n) is 4.14. The Morgan fingerprint density at radius 3 is 2.69 bits per heavy atom. The minimum atomic E-state index is -0.502. The molecule has 0 saturated heterocycles. The number of nitrogens with zero attached hydrogens (tertiary/aromatic N) is 2. The first-order chi connectivity index (χ1) is 12.6. The highest BCUT2D eigenvalue weighted by Crippen LogP contribution is 2.22. The molecule has 0 aliphatic heterocycles. The maximum absolute atomic E-state index is 14.1. The number of aromatic nitrogens is 3. The van der Waals surface area contributed by atoms with Crippen LogP contribution >= 0.6 is 0 Å². The van der Waals surface area contributed by atoms with Crippen molar-refractivity contribution in [3.05, 3.63) is 77.9 Å². The van der Waals surface area contributed by atoms with E-state index in [4.69, 9.17) is 0 Å². The number of aryl methyl sites for hydroxylation is 1. The van der Waals surface area contributed by atoms with Crippen LogP contribution in [0.2, 0.25) is 0 Å². The molecule has 0 fully saturated rings. The van der Waals surface area contributed by atoms with Crippen LogP contribution in [0.25, 0.3) is 22.4 Å². The number of fused-ring (bicyclic) bond motifs is 1. The Hall–Kier alpha value is -3.54. The van der Waals surface area contributed by atoms with E-state index in [0.29, 0.717) is 11.3 Å². The Morgan fingerprint density at radius 1 is 1.12 bits per heavy atom. The fourth-order valence-electron chi connectivity index (χ4n) is 2.73. The fourth-order valence-corrected chi connectivity index (χ4v) is 2.73. The minimum Gasteiger partial charge on any atom is -0.337 e. The molecule has 0 radical (unpaired) electrons. The Kier molecular flexibility index (Phi) is 3.93. The summed E-state index contributed by atoms with van der Waals surface area (Å²) in [5.41, 5.74) is 3.61. The molecule has 0 atom stereocenters. The maximum atomic E-state index is 14.1. The molecule has 0 unspecified atom stereocenters. The summed E-state index contributed by atoms with van der Waals surface area (Å²) in [6.07, 6.45) is 3.41. The molecule has 6 heteroatoms. The molecular weight excluding hydrogens is 331 g/mol. The number of hydrogen-bond donors (Lipinski definition) is 2. The Balaban J connectivity index is 1.56. The number of pyridine rings is 1. The van der Waals surface area contributed by atoms with Crippen LogP contribution in [-0.4, -0.2) is 20.9 Å². The number of carbonyl (C=O) groups excluding carboxylic acids is 1. The molecule has 0 aliphatic rings. The zero-order chi connectivity index (χ0) is 18.1. The molecule has 5 nitrogen and oxygen atoms in total. The van der Waals surface area contributed by atoms with Crippen molar-refractivity contribution in [3.8, 4) is 11.4 Å². The number of hydrogen-bond acceptors (Lipinski definition) is 3. The summed E-state index contributed by atoms with van der Waals surface area (Å²) < 4.78 is 14.1. The Bertz CT molecular complexity index is 1070. The number of benzene rings is 2. The van der Waals surface area contributed by atoms with E-state index >= 15 is 0 Å². The molecule has 2 aromatic carbocycles. The van der Waals surface area contributed by atoms with Crippen molar-refractivity contribution in [2.24, 2.45) is 0 Å². The second-order valence-corrected chi connectivity index (χ2v) is 5.95. The third kappa shape index (κ3) is 2.93. The number of anilines is 1. The van der Waals surface area contributed by atoms with Gasteiger partial charge in [0.15, 0.2) is 0 Å². The number of amides is 1. The van der Waals surface area contributed by atoms with Crippen LogP contribution < -0.4 is 5.32 Å². The fraction of sp³-hybridized carbons (Fsp3) is 0.0500. The standard InChI is InChI=1S/C20H15FN4O/c1-12-3-2-4-15(18(12)21)20(26)23-14-7-5-13(6-8-14)19-24-16-9-10-22-11-17(16)25-19/h2-11H,1H3,(H,23,26)(H,24,25). The van der Waals surface area contributed by atoms with Gasteiger partial charge in [-0.15, -0.1) is 0 Å². The highest BCUT2D eigenvalue weighted by molar-refractivity contribution is 6.04. The van der Waals surface area contributed by atoms with Crippen LogP contribution in [0.4, 0.5) is 10.1 Å². The molecule has 2 heterocycles. The molecule has 4 rings (SSSR count). The van der Waals surface area contributed by atoms with Gasteiger partial charge >= 0.3 is 0 Å². The van der Waals surface area contributed by atoms with Gasteiger partial charge in [-0.1, -0.05) is 12.1 Å². The highest BCUT2D eigenvalue weighted by Gasteiger charge is 2.13. The Labute approximate surface area is 148 Å². The first kappa shape index (κ1) is 16.0. The molecule has 128 valence electrons. The monoisotopic (exact) mass is 346 g/mol. The summed E-state index contributed by atoms with van der Waals surface area (Å²) in [6, 6.07) is 13.8. The van der Waals surface area contributed by atoms with E-state index in [1.165, 1.54) is 6.07 Å². The number of H-pyrrole nitrogens is 1. The van der Waals surface area contributed by atoms with Crippen LogP contribution in [0.5, 0.6) is 0 Å². The number of imidazole rings is 1. The number of aromatic amines is 1. The summed E-state index contributed by atoms with van der Waals surface area (Å²) in [5, 5.41) is 2.71. The van der Waals surface area contributed by atoms with E-state index in [0.717, 1.165) is 22.4 Å². The summed E-state index contributed by atoms with van der Waals surface area (Å²) in [7, 11) is 0. The van der Waals surface area contributed by atoms with Crippen molar-refractivity contribution in [2.45, 2.75) is 6.92 Å². The van der Waals surface area contributed by atoms with Crippen molar-refractivity contribution in [1.29, 1.82) is 0 Å². The zero-order valence-corrected chi connectivity index (χ0v) is 14.0. The lowest BCUT2D eigenvalue weighted by Crippen LogP contribution is -2.14. The molecule has 1 amide bonds. The van der Waals surface area contributed by atoms with Crippen molar-refractivity contribution in [2.75, 3.05) is 5.32 Å². The molecule has 0 saturated carbocycles.